The summed E-state index contributed by atoms with van der Waals surface area (Å²) in [6.07, 6.45) is 1.83. The van der Waals surface area contributed by atoms with Crippen LogP contribution in [0.1, 0.15) is 40.3 Å². The number of methoxy groups -OCH3 is 2. The molecule has 2 aromatic carbocycles. The maximum Gasteiger partial charge on any atom is 0.174 e. The number of aromatic nitrogens is 2. The average Bonchev–Trinajstić information content (AvgIpc) is 3.36. The number of hydrogen-bond acceptors (Lipinski definition) is 4. The highest BCUT2D eigenvalue weighted by Crippen LogP contribution is 2.48. The van der Waals surface area contributed by atoms with Crippen molar-refractivity contribution >= 4 is 23.0 Å². The molecule has 6 nitrogen and oxygen atoms in total. The molecule has 1 fully saturated rings. The lowest BCUT2D eigenvalue weighted by Gasteiger charge is -2.30. The van der Waals surface area contributed by atoms with Gasteiger partial charge in [0.15, 0.2) is 5.11 Å². The van der Waals surface area contributed by atoms with Crippen LogP contribution in [0.15, 0.2) is 72.9 Å². The number of pyridine rings is 1. The molecule has 0 radical (unpaired) electrons. The zero-order valence-electron chi connectivity index (χ0n) is 21.1. The van der Waals surface area contributed by atoms with Gasteiger partial charge in [0.1, 0.15) is 11.5 Å². The van der Waals surface area contributed by atoms with Gasteiger partial charge in [-0.05, 0) is 75.0 Å². The van der Waals surface area contributed by atoms with Crippen LogP contribution in [0.2, 0.25) is 0 Å². The van der Waals surface area contributed by atoms with Gasteiger partial charge in [0, 0.05) is 34.9 Å². The molecule has 1 aliphatic rings. The first-order valence-electron chi connectivity index (χ1n) is 11.9. The Morgan fingerprint density at radius 3 is 2.31 bits per heavy atom. The molecule has 0 aliphatic carbocycles. The molecule has 0 spiro atoms. The Kier molecular flexibility index (Phi) is 6.41. The molecule has 1 aliphatic heterocycles. The van der Waals surface area contributed by atoms with Crippen LogP contribution >= 0.6 is 12.2 Å². The van der Waals surface area contributed by atoms with Gasteiger partial charge in [-0.1, -0.05) is 24.3 Å². The van der Waals surface area contributed by atoms with Crippen LogP contribution in [0.5, 0.6) is 11.5 Å². The minimum atomic E-state index is -0.145. The molecule has 184 valence electrons. The average molecular weight is 499 g/mol. The van der Waals surface area contributed by atoms with Gasteiger partial charge < -0.3 is 24.3 Å². The highest BCUT2D eigenvalue weighted by molar-refractivity contribution is 7.80. The van der Waals surface area contributed by atoms with E-state index in [4.69, 9.17) is 26.7 Å². The zero-order valence-corrected chi connectivity index (χ0v) is 22.0. The predicted octanol–water partition coefficient (Wildman–Crippen LogP) is 5.99. The van der Waals surface area contributed by atoms with E-state index < -0.39 is 0 Å². The third-order valence-corrected chi connectivity index (χ3v) is 7.38. The van der Waals surface area contributed by atoms with E-state index in [-0.39, 0.29) is 12.1 Å². The normalized spacial score (nSPS) is 17.2. The van der Waals surface area contributed by atoms with Crippen LogP contribution in [0, 0.1) is 20.8 Å². The molecule has 2 atom stereocenters. The van der Waals surface area contributed by atoms with Crippen LogP contribution < -0.4 is 19.7 Å². The number of para-hydroxylation sites is 1. The number of anilines is 1. The summed E-state index contributed by atoms with van der Waals surface area (Å²) in [5.74, 6) is 1.42. The van der Waals surface area contributed by atoms with Crippen LogP contribution in [-0.2, 0) is 0 Å². The number of nitrogens with zero attached hydrogens (tertiary/aromatic N) is 3. The lowest BCUT2D eigenvalue weighted by Crippen LogP contribution is -2.30. The second-order valence-electron chi connectivity index (χ2n) is 8.91. The Morgan fingerprint density at radius 1 is 0.889 bits per heavy atom. The summed E-state index contributed by atoms with van der Waals surface area (Å²) in [6.45, 7) is 6.55. The predicted molar refractivity (Wildman–Crippen MR) is 147 cm³/mol. The third-order valence-electron chi connectivity index (χ3n) is 7.06. The molecule has 3 heterocycles. The second-order valence-corrected chi connectivity index (χ2v) is 9.30. The summed E-state index contributed by atoms with van der Waals surface area (Å²) in [7, 11) is 3.32. The molecule has 36 heavy (non-hydrogen) atoms. The monoisotopic (exact) mass is 498 g/mol. The second kappa shape index (κ2) is 9.66. The van der Waals surface area contributed by atoms with Crippen molar-refractivity contribution in [2.45, 2.75) is 32.9 Å². The van der Waals surface area contributed by atoms with E-state index in [1.165, 1.54) is 22.5 Å². The van der Waals surface area contributed by atoms with Crippen LogP contribution in [0.25, 0.3) is 5.69 Å². The van der Waals surface area contributed by atoms with Crippen LogP contribution in [0.3, 0.4) is 0 Å². The van der Waals surface area contributed by atoms with E-state index in [1.807, 2.05) is 48.7 Å². The smallest absolute Gasteiger partial charge is 0.174 e. The molecule has 1 N–H and O–H groups in total. The van der Waals surface area contributed by atoms with E-state index in [0.29, 0.717) is 10.9 Å². The summed E-state index contributed by atoms with van der Waals surface area (Å²) < 4.78 is 13.6. The first kappa shape index (κ1) is 23.9. The molecule has 4 aromatic rings. The van der Waals surface area contributed by atoms with E-state index in [1.54, 1.807) is 14.2 Å². The summed E-state index contributed by atoms with van der Waals surface area (Å²) in [4.78, 5) is 6.87. The molecule has 2 aromatic heterocycles. The number of benzene rings is 2. The standard InChI is InChI=1S/C29H30N4O2S/c1-18-19(2)32(21-11-7-6-8-12-21)20(3)26(18)28-27(23-13-9-10-16-30-23)31-29(36)33(28)24-15-14-22(34-4)17-25(24)35-5/h6-17,27-28H,1-5H3,(H,31,36)/t27-,28-/m1/s1. The maximum atomic E-state index is 5.96. The number of rotatable bonds is 6. The van der Waals surface area contributed by atoms with Crippen molar-refractivity contribution in [3.63, 3.8) is 0 Å². The fourth-order valence-electron chi connectivity index (χ4n) is 5.30. The summed E-state index contributed by atoms with van der Waals surface area (Å²) in [5, 5.41) is 4.20. The van der Waals surface area contributed by atoms with E-state index >= 15 is 0 Å². The van der Waals surface area contributed by atoms with Gasteiger partial charge in [0.25, 0.3) is 0 Å². The minimum absolute atomic E-state index is 0.140. The molecule has 0 bridgehead atoms. The minimum Gasteiger partial charge on any atom is -0.497 e. The van der Waals surface area contributed by atoms with Gasteiger partial charge >= 0.3 is 0 Å². The molecular weight excluding hydrogens is 468 g/mol. The molecule has 5 rings (SSSR count). The van der Waals surface area contributed by atoms with E-state index in [9.17, 15) is 0 Å². The zero-order chi connectivity index (χ0) is 25.4. The number of nitrogens with one attached hydrogen (secondary N) is 1. The van der Waals surface area contributed by atoms with Gasteiger partial charge in [-0.25, -0.2) is 0 Å². The fourth-order valence-corrected chi connectivity index (χ4v) is 5.64. The van der Waals surface area contributed by atoms with E-state index in [2.05, 4.69) is 59.8 Å². The fraction of sp³-hybridized carbons (Fsp3) is 0.241. The van der Waals surface area contributed by atoms with Crippen molar-refractivity contribution in [3.05, 3.63) is 101 Å². The summed E-state index contributed by atoms with van der Waals surface area (Å²) >= 11 is 5.96. The Bertz CT molecular complexity index is 1400. The molecule has 7 heteroatoms. The van der Waals surface area contributed by atoms with Crippen molar-refractivity contribution in [2.24, 2.45) is 0 Å². The Hall–Kier alpha value is -3.84. The first-order chi connectivity index (χ1) is 17.5. The first-order valence-corrected chi connectivity index (χ1v) is 12.3. The molecule has 0 unspecified atom stereocenters. The van der Waals surface area contributed by atoms with Crippen LogP contribution in [0.4, 0.5) is 5.69 Å². The van der Waals surface area contributed by atoms with Gasteiger partial charge in [-0.15, -0.1) is 0 Å². The van der Waals surface area contributed by atoms with Gasteiger partial charge in [0.05, 0.1) is 37.7 Å². The summed E-state index contributed by atoms with van der Waals surface area (Å²) in [5.41, 5.74) is 7.77. The quantitative estimate of drug-likeness (QED) is 0.330. The highest BCUT2D eigenvalue weighted by Gasteiger charge is 2.44. The van der Waals surface area contributed by atoms with Crippen molar-refractivity contribution in [2.75, 3.05) is 19.1 Å². The Labute approximate surface area is 217 Å². The topological polar surface area (TPSA) is 51.5 Å². The van der Waals surface area contributed by atoms with Gasteiger partial charge in [-0.2, -0.15) is 0 Å². The highest BCUT2D eigenvalue weighted by atomic mass is 32.1. The van der Waals surface area contributed by atoms with Crippen molar-refractivity contribution in [1.29, 1.82) is 0 Å². The van der Waals surface area contributed by atoms with Gasteiger partial charge in [-0.3, -0.25) is 4.98 Å². The largest absolute Gasteiger partial charge is 0.497 e. The van der Waals surface area contributed by atoms with Crippen LogP contribution in [-0.4, -0.2) is 28.9 Å². The summed E-state index contributed by atoms with van der Waals surface area (Å²) in [6, 6.07) is 22.0. The Balaban J connectivity index is 1.74. The number of thiocarbonyl (C=S) groups is 1. The van der Waals surface area contributed by atoms with E-state index in [0.717, 1.165) is 22.8 Å². The lowest BCUT2D eigenvalue weighted by molar-refractivity contribution is 0.394. The third kappa shape index (κ3) is 3.89. The van der Waals surface area contributed by atoms with Gasteiger partial charge in [0.2, 0.25) is 0 Å². The molecular formula is C29H30N4O2S. The van der Waals surface area contributed by atoms with Crippen molar-refractivity contribution in [3.8, 4) is 17.2 Å². The maximum absolute atomic E-state index is 5.96. The SMILES string of the molecule is COc1ccc(N2C(=S)N[C@H](c3ccccn3)[C@H]2c2c(C)c(C)n(-c3ccccc3)c2C)c(OC)c1. The van der Waals surface area contributed by atoms with Crippen molar-refractivity contribution in [1.82, 2.24) is 14.9 Å². The van der Waals surface area contributed by atoms with Crippen molar-refractivity contribution < 1.29 is 9.47 Å². The lowest BCUT2D eigenvalue weighted by atomic mass is 9.93. The Morgan fingerprint density at radius 2 is 1.64 bits per heavy atom. The molecule has 0 saturated carbocycles. The molecule has 0 amide bonds. The number of hydrogen-bond donors (Lipinski definition) is 1. The number of ether oxygens (including phenoxy) is 2. The molecule has 1 saturated heterocycles.